The van der Waals surface area contributed by atoms with Gasteiger partial charge in [-0.1, -0.05) is 24.3 Å². The van der Waals surface area contributed by atoms with Crippen molar-refractivity contribution < 1.29 is 4.74 Å². The van der Waals surface area contributed by atoms with Crippen molar-refractivity contribution in [3.8, 4) is 0 Å². The number of nitrogens with one attached hydrogen (secondary N) is 1. The van der Waals surface area contributed by atoms with Crippen LogP contribution in [0.2, 0.25) is 0 Å². The number of halogens is 1. The van der Waals surface area contributed by atoms with Crippen molar-refractivity contribution in [2.24, 2.45) is 10.4 Å². The molecule has 6 heteroatoms. The third kappa shape index (κ3) is 4.95. The molecule has 1 unspecified atom stereocenters. The molecule has 27 heavy (non-hydrogen) atoms. The third-order valence-electron chi connectivity index (χ3n) is 6.28. The highest BCUT2D eigenvalue weighted by Gasteiger charge is 2.42. The quantitative estimate of drug-likeness (QED) is 0.405. The summed E-state index contributed by atoms with van der Waals surface area (Å²) in [6.45, 7) is 8.38. The van der Waals surface area contributed by atoms with Crippen molar-refractivity contribution >= 4 is 29.9 Å². The molecule has 150 valence electrons. The molecule has 1 atom stereocenters. The Morgan fingerprint density at radius 1 is 1.15 bits per heavy atom. The number of ether oxygens (including phenoxy) is 1. The lowest BCUT2D eigenvalue weighted by molar-refractivity contribution is 0.156. The minimum Gasteiger partial charge on any atom is -0.381 e. The van der Waals surface area contributed by atoms with Gasteiger partial charge < -0.3 is 15.0 Å². The summed E-state index contributed by atoms with van der Waals surface area (Å²) in [7, 11) is 1.90. The maximum Gasteiger partial charge on any atom is 0.193 e. The number of guanidine groups is 1. The van der Waals surface area contributed by atoms with Crippen LogP contribution in [0.1, 0.15) is 36.8 Å². The van der Waals surface area contributed by atoms with Gasteiger partial charge in [0.1, 0.15) is 0 Å². The van der Waals surface area contributed by atoms with Gasteiger partial charge in [0.15, 0.2) is 5.96 Å². The second-order valence-electron chi connectivity index (χ2n) is 8.13. The van der Waals surface area contributed by atoms with Crippen LogP contribution in [-0.2, 0) is 17.8 Å². The number of hydrogen-bond donors (Lipinski definition) is 1. The summed E-state index contributed by atoms with van der Waals surface area (Å²) in [6, 6.07) is 8.84. The molecular formula is C21H33IN4O. The van der Waals surface area contributed by atoms with Crippen LogP contribution in [-0.4, -0.2) is 62.2 Å². The van der Waals surface area contributed by atoms with E-state index < -0.39 is 0 Å². The minimum absolute atomic E-state index is 0. The summed E-state index contributed by atoms with van der Waals surface area (Å²) < 4.78 is 5.66. The maximum atomic E-state index is 5.66. The Hall–Kier alpha value is -0.860. The van der Waals surface area contributed by atoms with E-state index in [0.29, 0.717) is 5.41 Å². The number of nitrogens with zero attached hydrogens (tertiary/aromatic N) is 3. The molecule has 3 heterocycles. The van der Waals surface area contributed by atoms with Crippen LogP contribution in [0.5, 0.6) is 0 Å². The van der Waals surface area contributed by atoms with E-state index in [1.807, 2.05) is 7.05 Å². The molecule has 1 spiro atoms. The summed E-state index contributed by atoms with van der Waals surface area (Å²) >= 11 is 0. The largest absolute Gasteiger partial charge is 0.381 e. The van der Waals surface area contributed by atoms with Crippen LogP contribution in [0.15, 0.2) is 29.3 Å². The number of aliphatic imine (C=N–C) groups is 1. The van der Waals surface area contributed by atoms with E-state index in [-0.39, 0.29) is 24.0 Å². The van der Waals surface area contributed by atoms with E-state index in [9.17, 15) is 0 Å². The molecule has 1 aromatic rings. The molecule has 0 aromatic heterocycles. The first-order chi connectivity index (χ1) is 12.8. The van der Waals surface area contributed by atoms with Gasteiger partial charge in [-0.25, -0.2) is 0 Å². The lowest BCUT2D eigenvalue weighted by Gasteiger charge is -2.25. The number of hydrogen-bond acceptors (Lipinski definition) is 3. The Labute approximate surface area is 180 Å². The molecule has 3 fully saturated rings. The maximum absolute atomic E-state index is 5.66. The Bertz CT molecular complexity index is 639. The van der Waals surface area contributed by atoms with E-state index in [1.54, 1.807) is 0 Å². The first-order valence-electron chi connectivity index (χ1n) is 10.1. The van der Waals surface area contributed by atoms with Gasteiger partial charge in [0.05, 0.1) is 6.61 Å². The molecule has 0 bridgehead atoms. The molecule has 0 saturated carbocycles. The van der Waals surface area contributed by atoms with Gasteiger partial charge >= 0.3 is 0 Å². The summed E-state index contributed by atoms with van der Waals surface area (Å²) in [5.41, 5.74) is 3.20. The molecule has 0 amide bonds. The molecule has 0 aliphatic carbocycles. The van der Waals surface area contributed by atoms with Gasteiger partial charge in [0.2, 0.25) is 0 Å². The van der Waals surface area contributed by atoms with Crippen molar-refractivity contribution in [3.63, 3.8) is 0 Å². The number of rotatable bonds is 4. The van der Waals surface area contributed by atoms with Gasteiger partial charge in [-0.15, -0.1) is 24.0 Å². The monoisotopic (exact) mass is 484 g/mol. The van der Waals surface area contributed by atoms with Gasteiger partial charge in [-0.3, -0.25) is 9.89 Å². The average molecular weight is 484 g/mol. The van der Waals surface area contributed by atoms with Crippen LogP contribution in [0.4, 0.5) is 0 Å². The van der Waals surface area contributed by atoms with Crippen LogP contribution >= 0.6 is 24.0 Å². The second kappa shape index (κ2) is 9.56. The van der Waals surface area contributed by atoms with E-state index in [2.05, 4.69) is 44.4 Å². The fourth-order valence-electron chi connectivity index (χ4n) is 4.66. The standard InChI is InChI=1S/C21H32N4O.HI/c1-22-20(25-12-8-21(16-25)9-13-26-17-21)23-14-18-6-2-3-7-19(18)15-24-10-4-5-11-24;/h2-3,6-7H,4-5,8-17H2,1H3,(H,22,23);1H. The fraction of sp³-hybridized carbons (Fsp3) is 0.667. The van der Waals surface area contributed by atoms with Crippen molar-refractivity contribution in [2.45, 2.75) is 38.8 Å². The third-order valence-corrected chi connectivity index (χ3v) is 6.28. The van der Waals surface area contributed by atoms with Crippen molar-refractivity contribution in [1.29, 1.82) is 0 Å². The van der Waals surface area contributed by atoms with Crippen molar-refractivity contribution in [1.82, 2.24) is 15.1 Å². The summed E-state index contributed by atoms with van der Waals surface area (Å²) in [4.78, 5) is 9.53. The topological polar surface area (TPSA) is 40.1 Å². The van der Waals surface area contributed by atoms with Crippen LogP contribution in [0, 0.1) is 5.41 Å². The van der Waals surface area contributed by atoms with E-state index >= 15 is 0 Å². The van der Waals surface area contributed by atoms with Crippen LogP contribution in [0.25, 0.3) is 0 Å². The average Bonchev–Trinajstić information content (AvgIpc) is 3.41. The Kier molecular flexibility index (Phi) is 7.39. The molecule has 1 aromatic carbocycles. The van der Waals surface area contributed by atoms with Crippen molar-refractivity contribution in [3.05, 3.63) is 35.4 Å². The molecule has 4 rings (SSSR count). The van der Waals surface area contributed by atoms with E-state index in [4.69, 9.17) is 4.74 Å². The lowest BCUT2D eigenvalue weighted by atomic mass is 9.87. The van der Waals surface area contributed by atoms with Gasteiger partial charge in [-0.05, 0) is 49.9 Å². The predicted octanol–water partition coefficient (Wildman–Crippen LogP) is 3.09. The lowest BCUT2D eigenvalue weighted by Crippen LogP contribution is -2.41. The summed E-state index contributed by atoms with van der Waals surface area (Å²) in [6.07, 6.45) is 5.10. The van der Waals surface area contributed by atoms with Gasteiger partial charge in [0, 0.05) is 45.2 Å². The van der Waals surface area contributed by atoms with E-state index in [1.165, 1.54) is 49.9 Å². The molecule has 3 saturated heterocycles. The normalized spacial score (nSPS) is 26.0. The highest BCUT2D eigenvalue weighted by Crippen LogP contribution is 2.38. The molecule has 5 nitrogen and oxygen atoms in total. The number of likely N-dealkylation sites (tertiary alicyclic amines) is 2. The highest BCUT2D eigenvalue weighted by molar-refractivity contribution is 14.0. The van der Waals surface area contributed by atoms with E-state index in [0.717, 1.165) is 45.4 Å². The molecular weight excluding hydrogens is 451 g/mol. The van der Waals surface area contributed by atoms with Crippen LogP contribution < -0.4 is 5.32 Å². The van der Waals surface area contributed by atoms with Gasteiger partial charge in [0.25, 0.3) is 0 Å². The number of benzene rings is 1. The first-order valence-corrected chi connectivity index (χ1v) is 10.1. The summed E-state index contributed by atoms with van der Waals surface area (Å²) in [5.74, 6) is 1.03. The second-order valence-corrected chi connectivity index (χ2v) is 8.13. The zero-order valence-electron chi connectivity index (χ0n) is 16.5. The highest BCUT2D eigenvalue weighted by atomic mass is 127. The molecule has 0 radical (unpaired) electrons. The first kappa shape index (κ1) is 20.9. The molecule has 3 aliphatic rings. The SMILES string of the molecule is CN=C(NCc1ccccc1CN1CCCC1)N1CCC2(CCOC2)C1.I. The zero-order valence-corrected chi connectivity index (χ0v) is 18.8. The Morgan fingerprint density at radius 2 is 1.93 bits per heavy atom. The van der Waals surface area contributed by atoms with Crippen LogP contribution in [0.3, 0.4) is 0 Å². The minimum atomic E-state index is 0. The zero-order chi connectivity index (χ0) is 17.8. The Balaban J connectivity index is 0.00000210. The van der Waals surface area contributed by atoms with Crippen molar-refractivity contribution in [2.75, 3.05) is 46.4 Å². The molecule has 3 aliphatic heterocycles. The molecule has 1 N–H and O–H groups in total. The Morgan fingerprint density at radius 3 is 2.63 bits per heavy atom. The fourth-order valence-corrected chi connectivity index (χ4v) is 4.66. The summed E-state index contributed by atoms with van der Waals surface area (Å²) in [5, 5.41) is 3.62. The smallest absolute Gasteiger partial charge is 0.193 e. The van der Waals surface area contributed by atoms with Gasteiger partial charge in [-0.2, -0.15) is 0 Å². The predicted molar refractivity (Wildman–Crippen MR) is 121 cm³/mol.